The summed E-state index contributed by atoms with van der Waals surface area (Å²) in [5.41, 5.74) is 3.17. The number of nitrogens with zero attached hydrogens (tertiary/aromatic N) is 2. The molecule has 96 valence electrons. The predicted molar refractivity (Wildman–Crippen MR) is 70.9 cm³/mol. The number of hydrogen-bond donors (Lipinski definition) is 1. The Bertz CT molecular complexity index is 364. The molecule has 0 aliphatic heterocycles. The van der Waals surface area contributed by atoms with E-state index >= 15 is 0 Å². The standard InChI is InChI=1S/C14H25N3/c1-4-12-9-13(17(6-3)16-12)10-15-11-14(5-2)7-8-14/h9,15H,4-8,10-11H2,1-3H3. The second-order valence-electron chi connectivity index (χ2n) is 5.25. The average molecular weight is 235 g/mol. The zero-order chi connectivity index (χ0) is 12.3. The highest BCUT2D eigenvalue weighted by Crippen LogP contribution is 2.47. The Morgan fingerprint density at radius 1 is 1.35 bits per heavy atom. The fourth-order valence-corrected chi connectivity index (χ4v) is 2.39. The molecule has 0 bridgehead atoms. The Morgan fingerprint density at radius 3 is 2.65 bits per heavy atom. The van der Waals surface area contributed by atoms with E-state index < -0.39 is 0 Å². The van der Waals surface area contributed by atoms with Gasteiger partial charge in [0.05, 0.1) is 11.4 Å². The molecule has 1 aromatic rings. The van der Waals surface area contributed by atoms with E-state index in [4.69, 9.17) is 0 Å². The summed E-state index contributed by atoms with van der Waals surface area (Å²) >= 11 is 0. The van der Waals surface area contributed by atoms with E-state index in [1.54, 1.807) is 0 Å². The monoisotopic (exact) mass is 235 g/mol. The Hall–Kier alpha value is -0.830. The van der Waals surface area contributed by atoms with Crippen LogP contribution in [0.3, 0.4) is 0 Å². The fourth-order valence-electron chi connectivity index (χ4n) is 2.39. The zero-order valence-corrected chi connectivity index (χ0v) is 11.4. The van der Waals surface area contributed by atoms with E-state index in [2.05, 4.69) is 41.9 Å². The molecule has 1 fully saturated rings. The zero-order valence-electron chi connectivity index (χ0n) is 11.4. The number of aryl methyl sites for hydroxylation is 2. The number of nitrogens with one attached hydrogen (secondary N) is 1. The van der Waals surface area contributed by atoms with Crippen molar-refractivity contribution in [3.05, 3.63) is 17.5 Å². The number of rotatable bonds is 7. The van der Waals surface area contributed by atoms with E-state index in [1.807, 2.05) is 0 Å². The summed E-state index contributed by atoms with van der Waals surface area (Å²) in [6.07, 6.45) is 5.15. The predicted octanol–water partition coefficient (Wildman–Crippen LogP) is 2.75. The van der Waals surface area contributed by atoms with E-state index in [9.17, 15) is 0 Å². The van der Waals surface area contributed by atoms with E-state index in [-0.39, 0.29) is 0 Å². The van der Waals surface area contributed by atoms with Gasteiger partial charge < -0.3 is 5.32 Å². The first-order valence-corrected chi connectivity index (χ1v) is 6.99. The van der Waals surface area contributed by atoms with Gasteiger partial charge in [0, 0.05) is 19.6 Å². The van der Waals surface area contributed by atoms with Crippen molar-refractivity contribution in [3.63, 3.8) is 0 Å². The molecule has 0 atom stereocenters. The largest absolute Gasteiger partial charge is 0.311 e. The van der Waals surface area contributed by atoms with Gasteiger partial charge in [-0.3, -0.25) is 4.68 Å². The Morgan fingerprint density at radius 2 is 2.12 bits per heavy atom. The fraction of sp³-hybridized carbons (Fsp3) is 0.786. The first kappa shape index (κ1) is 12.6. The molecule has 1 N–H and O–H groups in total. The molecular weight excluding hydrogens is 210 g/mol. The lowest BCUT2D eigenvalue weighted by molar-refractivity contribution is 0.436. The van der Waals surface area contributed by atoms with Gasteiger partial charge in [0.15, 0.2) is 0 Å². The van der Waals surface area contributed by atoms with Gasteiger partial charge in [-0.05, 0) is 44.1 Å². The molecule has 3 nitrogen and oxygen atoms in total. The second-order valence-corrected chi connectivity index (χ2v) is 5.25. The molecule has 0 spiro atoms. The SMILES string of the molecule is CCc1cc(CNCC2(CC)CC2)n(CC)n1. The average Bonchev–Trinajstić information content (AvgIpc) is 3.02. The van der Waals surface area contributed by atoms with Gasteiger partial charge >= 0.3 is 0 Å². The Labute approximate surface area is 105 Å². The van der Waals surface area contributed by atoms with E-state index in [0.29, 0.717) is 5.41 Å². The maximum Gasteiger partial charge on any atom is 0.0625 e. The van der Waals surface area contributed by atoms with Gasteiger partial charge in [-0.1, -0.05) is 13.8 Å². The molecule has 0 saturated heterocycles. The second kappa shape index (κ2) is 5.21. The van der Waals surface area contributed by atoms with Gasteiger partial charge in [-0.15, -0.1) is 0 Å². The third-order valence-corrected chi connectivity index (χ3v) is 4.09. The quantitative estimate of drug-likeness (QED) is 0.787. The van der Waals surface area contributed by atoms with Crippen molar-refractivity contribution in [2.45, 2.75) is 59.5 Å². The van der Waals surface area contributed by atoms with E-state index in [0.717, 1.165) is 19.5 Å². The topological polar surface area (TPSA) is 29.9 Å². The lowest BCUT2D eigenvalue weighted by Gasteiger charge is -2.13. The van der Waals surface area contributed by atoms with Crippen molar-refractivity contribution in [3.8, 4) is 0 Å². The minimum atomic E-state index is 0.630. The van der Waals surface area contributed by atoms with Crippen LogP contribution >= 0.6 is 0 Å². The highest BCUT2D eigenvalue weighted by atomic mass is 15.3. The lowest BCUT2D eigenvalue weighted by Crippen LogP contribution is -2.24. The number of hydrogen-bond acceptors (Lipinski definition) is 2. The molecule has 0 unspecified atom stereocenters. The van der Waals surface area contributed by atoms with Gasteiger partial charge in [0.1, 0.15) is 0 Å². The van der Waals surface area contributed by atoms with Crippen molar-refractivity contribution in [1.29, 1.82) is 0 Å². The molecule has 1 aliphatic carbocycles. The van der Waals surface area contributed by atoms with Crippen LogP contribution in [0.5, 0.6) is 0 Å². The van der Waals surface area contributed by atoms with Gasteiger partial charge in [0.2, 0.25) is 0 Å². The van der Waals surface area contributed by atoms with Gasteiger partial charge in [-0.2, -0.15) is 5.10 Å². The van der Waals surface area contributed by atoms with Gasteiger partial charge in [0.25, 0.3) is 0 Å². The summed E-state index contributed by atoms with van der Waals surface area (Å²) in [4.78, 5) is 0. The normalized spacial score (nSPS) is 17.4. The van der Waals surface area contributed by atoms with Crippen LogP contribution in [0.1, 0.15) is 51.4 Å². The minimum absolute atomic E-state index is 0.630. The van der Waals surface area contributed by atoms with Crippen molar-refractivity contribution in [1.82, 2.24) is 15.1 Å². The molecule has 0 amide bonds. The minimum Gasteiger partial charge on any atom is -0.311 e. The number of aromatic nitrogens is 2. The van der Waals surface area contributed by atoms with Crippen molar-refractivity contribution < 1.29 is 0 Å². The summed E-state index contributed by atoms with van der Waals surface area (Å²) in [6, 6.07) is 2.24. The molecule has 1 aromatic heterocycles. The lowest BCUT2D eigenvalue weighted by atomic mass is 10.0. The van der Waals surface area contributed by atoms with Crippen LogP contribution in [-0.4, -0.2) is 16.3 Å². The highest BCUT2D eigenvalue weighted by Gasteiger charge is 2.39. The third-order valence-electron chi connectivity index (χ3n) is 4.09. The first-order chi connectivity index (χ1) is 8.23. The molecule has 2 rings (SSSR count). The third kappa shape index (κ3) is 2.89. The summed E-state index contributed by atoms with van der Waals surface area (Å²) in [5.74, 6) is 0. The molecule has 1 aliphatic rings. The van der Waals surface area contributed by atoms with Crippen LogP contribution in [0.4, 0.5) is 0 Å². The van der Waals surface area contributed by atoms with Crippen molar-refractivity contribution in [2.24, 2.45) is 5.41 Å². The van der Waals surface area contributed by atoms with E-state index in [1.165, 1.54) is 37.2 Å². The molecule has 1 saturated carbocycles. The molecule has 0 radical (unpaired) electrons. The summed E-state index contributed by atoms with van der Waals surface area (Å²) in [5, 5.41) is 8.18. The van der Waals surface area contributed by atoms with Crippen molar-refractivity contribution in [2.75, 3.05) is 6.54 Å². The maximum atomic E-state index is 4.57. The van der Waals surface area contributed by atoms with Crippen LogP contribution in [0.25, 0.3) is 0 Å². The van der Waals surface area contributed by atoms with Crippen LogP contribution in [0, 0.1) is 5.41 Å². The molecule has 0 aromatic carbocycles. The molecular formula is C14H25N3. The highest BCUT2D eigenvalue weighted by molar-refractivity contribution is 5.10. The molecule has 1 heterocycles. The van der Waals surface area contributed by atoms with Crippen LogP contribution in [-0.2, 0) is 19.5 Å². The summed E-state index contributed by atoms with van der Waals surface area (Å²) in [6.45, 7) is 9.72. The molecule has 17 heavy (non-hydrogen) atoms. The van der Waals surface area contributed by atoms with Crippen LogP contribution in [0.2, 0.25) is 0 Å². The first-order valence-electron chi connectivity index (χ1n) is 6.99. The maximum absolute atomic E-state index is 4.57. The molecule has 3 heteroatoms. The van der Waals surface area contributed by atoms with Crippen LogP contribution < -0.4 is 5.32 Å². The van der Waals surface area contributed by atoms with Crippen LogP contribution in [0.15, 0.2) is 6.07 Å². The van der Waals surface area contributed by atoms with Crippen molar-refractivity contribution >= 4 is 0 Å². The summed E-state index contributed by atoms with van der Waals surface area (Å²) in [7, 11) is 0. The smallest absolute Gasteiger partial charge is 0.0625 e. The summed E-state index contributed by atoms with van der Waals surface area (Å²) < 4.78 is 2.12. The van der Waals surface area contributed by atoms with Gasteiger partial charge in [-0.25, -0.2) is 0 Å². The Kier molecular flexibility index (Phi) is 3.87. The Balaban J connectivity index is 1.87.